The van der Waals surface area contributed by atoms with Gasteiger partial charge in [-0.2, -0.15) is 10.2 Å². The zero-order valence-electron chi connectivity index (χ0n) is 14.9. The van der Waals surface area contributed by atoms with Crippen LogP contribution in [-0.4, -0.2) is 69.2 Å². The van der Waals surface area contributed by atoms with Crippen LogP contribution in [0.4, 0.5) is 0 Å². The summed E-state index contributed by atoms with van der Waals surface area (Å²) in [6, 6.07) is 8.08. The Balaban J connectivity index is 1.32. The number of hydrogen-bond donors (Lipinski definition) is 0. The first-order valence-electron chi connectivity index (χ1n) is 9.03. The van der Waals surface area contributed by atoms with Crippen molar-refractivity contribution in [1.82, 2.24) is 25.0 Å². The first kappa shape index (κ1) is 17.1. The highest BCUT2D eigenvalue weighted by Crippen LogP contribution is 2.25. The second kappa shape index (κ2) is 7.47. The molecule has 0 spiro atoms. The number of aryl methyl sites for hydroxylation is 1. The molecule has 7 heteroatoms. The van der Waals surface area contributed by atoms with Gasteiger partial charge in [-0.3, -0.25) is 14.7 Å². The van der Waals surface area contributed by atoms with E-state index in [9.17, 15) is 4.79 Å². The van der Waals surface area contributed by atoms with Crippen LogP contribution >= 0.6 is 0 Å². The minimum atomic E-state index is 0.0351. The Labute approximate surface area is 153 Å². The molecule has 7 nitrogen and oxygen atoms in total. The molecular weight excluding hydrogens is 330 g/mol. The van der Waals surface area contributed by atoms with Gasteiger partial charge in [-0.15, -0.1) is 0 Å². The number of nitrogens with zero attached hydrogens (tertiary/aromatic N) is 5. The van der Waals surface area contributed by atoms with E-state index in [-0.39, 0.29) is 12.0 Å². The Morgan fingerprint density at radius 2 is 2.15 bits per heavy atom. The summed E-state index contributed by atoms with van der Waals surface area (Å²) in [6.07, 6.45) is 4.23. The summed E-state index contributed by atoms with van der Waals surface area (Å²) in [5.41, 5.74) is 2.58. The predicted octanol–water partition coefficient (Wildman–Crippen LogP) is 1.30. The zero-order valence-corrected chi connectivity index (χ0v) is 14.9. The van der Waals surface area contributed by atoms with Gasteiger partial charge in [0.1, 0.15) is 0 Å². The van der Waals surface area contributed by atoms with Gasteiger partial charge in [-0.1, -0.05) is 6.07 Å². The molecule has 2 aromatic heterocycles. The number of hydrogen-bond acceptors (Lipinski definition) is 6. The van der Waals surface area contributed by atoms with Crippen molar-refractivity contribution in [3.63, 3.8) is 0 Å². The summed E-state index contributed by atoms with van der Waals surface area (Å²) in [7, 11) is 0. The van der Waals surface area contributed by atoms with Crippen molar-refractivity contribution >= 4 is 5.91 Å². The smallest absolute Gasteiger partial charge is 0.255 e. The van der Waals surface area contributed by atoms with Crippen LogP contribution in [-0.2, 0) is 11.3 Å². The van der Waals surface area contributed by atoms with E-state index >= 15 is 0 Å². The van der Waals surface area contributed by atoms with E-state index in [1.807, 2.05) is 30.0 Å². The van der Waals surface area contributed by atoms with Crippen LogP contribution in [0.1, 0.15) is 28.2 Å². The van der Waals surface area contributed by atoms with Gasteiger partial charge < -0.3 is 9.64 Å². The normalized spacial score (nSPS) is 23.0. The number of carbonyl (C=O) groups excluding carboxylic acids is 1. The van der Waals surface area contributed by atoms with Crippen LogP contribution in [0.3, 0.4) is 0 Å². The van der Waals surface area contributed by atoms with Crippen molar-refractivity contribution in [2.24, 2.45) is 0 Å². The summed E-state index contributed by atoms with van der Waals surface area (Å²) in [4.78, 5) is 21.5. The third-order valence-electron chi connectivity index (χ3n) is 5.11. The van der Waals surface area contributed by atoms with E-state index in [2.05, 4.69) is 20.1 Å². The average Bonchev–Trinajstić information content (AvgIpc) is 3.08. The van der Waals surface area contributed by atoms with Crippen molar-refractivity contribution in [2.45, 2.75) is 32.1 Å². The molecule has 26 heavy (non-hydrogen) atoms. The zero-order chi connectivity index (χ0) is 17.9. The lowest BCUT2D eigenvalue weighted by Gasteiger charge is -2.37. The molecule has 0 saturated carbocycles. The van der Waals surface area contributed by atoms with Gasteiger partial charge in [-0.05, 0) is 31.5 Å². The van der Waals surface area contributed by atoms with E-state index in [1.54, 1.807) is 12.3 Å². The molecule has 2 saturated heterocycles. The first-order valence-corrected chi connectivity index (χ1v) is 9.03. The molecule has 0 aromatic carbocycles. The number of amides is 1. The van der Waals surface area contributed by atoms with Crippen LogP contribution < -0.4 is 0 Å². The van der Waals surface area contributed by atoms with Gasteiger partial charge in [0.2, 0.25) is 0 Å². The highest BCUT2D eigenvalue weighted by atomic mass is 16.5. The minimum Gasteiger partial charge on any atom is -0.371 e. The maximum absolute atomic E-state index is 12.6. The number of ether oxygens (including phenoxy) is 1. The quantitative estimate of drug-likeness (QED) is 0.825. The van der Waals surface area contributed by atoms with Gasteiger partial charge in [0.25, 0.3) is 5.91 Å². The maximum Gasteiger partial charge on any atom is 0.255 e. The van der Waals surface area contributed by atoms with Gasteiger partial charge in [-0.25, -0.2) is 0 Å². The van der Waals surface area contributed by atoms with Crippen molar-refractivity contribution in [2.75, 3.05) is 26.2 Å². The van der Waals surface area contributed by atoms with Crippen LogP contribution in [0, 0.1) is 6.92 Å². The molecule has 0 radical (unpaired) electrons. The fraction of sp³-hybridized carbons (Fsp3) is 0.474. The Bertz CT molecular complexity index is 770. The summed E-state index contributed by atoms with van der Waals surface area (Å²) in [5, 5.41) is 7.54. The minimum absolute atomic E-state index is 0.0351. The third-order valence-corrected chi connectivity index (χ3v) is 5.11. The van der Waals surface area contributed by atoms with Crippen molar-refractivity contribution in [1.29, 1.82) is 0 Å². The van der Waals surface area contributed by atoms with E-state index in [1.165, 1.54) is 6.20 Å². The molecule has 4 heterocycles. The fourth-order valence-electron chi connectivity index (χ4n) is 3.78. The number of pyridine rings is 1. The van der Waals surface area contributed by atoms with Crippen molar-refractivity contribution in [3.05, 3.63) is 53.6 Å². The molecule has 0 bridgehead atoms. The average molecular weight is 353 g/mol. The topological polar surface area (TPSA) is 71.5 Å². The Morgan fingerprint density at radius 1 is 1.23 bits per heavy atom. The number of aromatic nitrogens is 3. The lowest BCUT2D eigenvalue weighted by Crippen LogP contribution is -2.52. The van der Waals surface area contributed by atoms with E-state index in [0.717, 1.165) is 44.0 Å². The molecule has 2 fully saturated rings. The molecule has 1 amide bonds. The molecule has 2 aromatic rings. The molecular formula is C19H23N5O2. The van der Waals surface area contributed by atoms with Gasteiger partial charge >= 0.3 is 0 Å². The second-order valence-corrected chi connectivity index (χ2v) is 6.97. The number of fused-ring (bicyclic) bond motifs is 1. The predicted molar refractivity (Wildman–Crippen MR) is 95.5 cm³/mol. The number of carbonyl (C=O) groups is 1. The van der Waals surface area contributed by atoms with Crippen LogP contribution in [0.25, 0.3) is 0 Å². The van der Waals surface area contributed by atoms with Crippen molar-refractivity contribution in [3.8, 4) is 0 Å². The van der Waals surface area contributed by atoms with E-state index in [0.29, 0.717) is 18.2 Å². The summed E-state index contributed by atoms with van der Waals surface area (Å²) in [6.45, 7) is 5.82. The van der Waals surface area contributed by atoms with E-state index in [4.69, 9.17) is 4.74 Å². The summed E-state index contributed by atoms with van der Waals surface area (Å²) in [5.74, 6) is 0.0351. The van der Waals surface area contributed by atoms with Gasteiger partial charge in [0.15, 0.2) is 0 Å². The highest BCUT2D eigenvalue weighted by molar-refractivity contribution is 5.93. The summed E-state index contributed by atoms with van der Waals surface area (Å²) < 4.78 is 6.09. The SMILES string of the molecule is Cc1cccc(CO[C@@H]2C[C@H]3CN(C(=O)c4ccnnc4)CCN3C2)n1. The Hall–Kier alpha value is -2.38. The monoisotopic (exact) mass is 353 g/mol. The fourth-order valence-corrected chi connectivity index (χ4v) is 3.78. The third kappa shape index (κ3) is 3.73. The highest BCUT2D eigenvalue weighted by Gasteiger charge is 2.38. The van der Waals surface area contributed by atoms with Gasteiger partial charge in [0.05, 0.1) is 36.4 Å². The molecule has 0 unspecified atom stereocenters. The molecule has 0 N–H and O–H groups in total. The lowest BCUT2D eigenvalue weighted by atomic mass is 10.1. The standard InChI is InChI=1S/C19H23N5O2/c1-14-3-2-4-16(22-14)13-26-18-9-17-11-24(8-7-23(17)12-18)19(25)15-5-6-20-21-10-15/h2-6,10,17-18H,7-9,11-13H2,1H3/t17-,18+/m0/s1. The molecule has 136 valence electrons. The molecule has 2 aliphatic heterocycles. The largest absolute Gasteiger partial charge is 0.371 e. The maximum atomic E-state index is 12.6. The lowest BCUT2D eigenvalue weighted by molar-refractivity contribution is 0.0434. The Kier molecular flexibility index (Phi) is 4.90. The van der Waals surface area contributed by atoms with Crippen molar-refractivity contribution < 1.29 is 9.53 Å². The second-order valence-electron chi connectivity index (χ2n) is 6.97. The number of rotatable bonds is 4. The molecule has 2 atom stereocenters. The van der Waals surface area contributed by atoms with Crippen LogP contribution in [0.2, 0.25) is 0 Å². The molecule has 4 rings (SSSR count). The molecule has 2 aliphatic rings. The van der Waals surface area contributed by atoms with Gasteiger partial charge in [0, 0.05) is 37.9 Å². The Morgan fingerprint density at radius 3 is 2.96 bits per heavy atom. The summed E-state index contributed by atoms with van der Waals surface area (Å²) >= 11 is 0. The van der Waals surface area contributed by atoms with Crippen LogP contribution in [0.5, 0.6) is 0 Å². The van der Waals surface area contributed by atoms with E-state index < -0.39 is 0 Å². The number of piperazine rings is 1. The van der Waals surface area contributed by atoms with Crippen LogP contribution in [0.15, 0.2) is 36.7 Å². The molecule has 0 aliphatic carbocycles. The first-order chi connectivity index (χ1) is 12.7.